The molecule has 0 fully saturated rings. The van der Waals surface area contributed by atoms with Crippen molar-refractivity contribution < 1.29 is 10.2 Å². The predicted octanol–water partition coefficient (Wildman–Crippen LogP) is 6.57. The lowest BCUT2D eigenvalue weighted by molar-refractivity contribution is 0.0172. The fraction of sp³-hybridized carbons (Fsp3) is 0.250. The first-order valence-electron chi connectivity index (χ1n) is 11.9. The molecule has 4 aromatic rings. The van der Waals surface area contributed by atoms with Crippen LogP contribution in [0.5, 0.6) is 0 Å². The minimum Gasteiger partial charge on any atom is -0.393 e. The lowest BCUT2D eigenvalue weighted by Gasteiger charge is -2.31. The molecule has 0 spiro atoms. The van der Waals surface area contributed by atoms with E-state index in [9.17, 15) is 10.2 Å². The highest BCUT2D eigenvalue weighted by Gasteiger charge is 2.32. The van der Waals surface area contributed by atoms with Crippen LogP contribution in [0.1, 0.15) is 61.1 Å². The molecule has 2 nitrogen and oxygen atoms in total. The Kier molecular flexibility index (Phi) is 6.49. The number of aliphatic hydroxyl groups is 2. The lowest BCUT2D eigenvalue weighted by atomic mass is 9.76. The SMILES string of the molecule is CC(C)(c1ccccc1)c1ccc(C(O)(CO)c2ccc(C(C)(C)c3ccccc3)cc2)cc1. The van der Waals surface area contributed by atoms with E-state index in [2.05, 4.69) is 100 Å². The zero-order valence-electron chi connectivity index (χ0n) is 20.5. The largest absolute Gasteiger partial charge is 0.393 e. The number of benzene rings is 4. The van der Waals surface area contributed by atoms with Crippen LogP contribution in [0.25, 0.3) is 0 Å². The van der Waals surface area contributed by atoms with Gasteiger partial charge in [-0.05, 0) is 33.4 Å². The van der Waals surface area contributed by atoms with Gasteiger partial charge in [0.1, 0.15) is 5.60 Å². The number of hydrogen-bond donors (Lipinski definition) is 2. The minimum atomic E-state index is -1.47. The Bertz CT molecular complexity index is 1110. The summed E-state index contributed by atoms with van der Waals surface area (Å²) in [6.07, 6.45) is 0. The molecule has 4 aromatic carbocycles. The molecule has 4 rings (SSSR count). The van der Waals surface area contributed by atoms with Crippen molar-refractivity contribution in [3.63, 3.8) is 0 Å². The van der Waals surface area contributed by atoms with E-state index in [0.717, 1.165) is 11.1 Å². The number of hydrogen-bond acceptors (Lipinski definition) is 2. The van der Waals surface area contributed by atoms with Gasteiger partial charge in [-0.15, -0.1) is 0 Å². The summed E-state index contributed by atoms with van der Waals surface area (Å²) in [6, 6.07) is 36.7. The second kappa shape index (κ2) is 9.21. The second-order valence-corrected chi connectivity index (χ2v) is 10.2. The van der Waals surface area contributed by atoms with Gasteiger partial charge in [-0.3, -0.25) is 0 Å². The van der Waals surface area contributed by atoms with Crippen molar-refractivity contribution in [3.05, 3.63) is 143 Å². The quantitative estimate of drug-likeness (QED) is 0.334. The summed E-state index contributed by atoms with van der Waals surface area (Å²) in [4.78, 5) is 0. The monoisotopic (exact) mass is 450 g/mol. The zero-order valence-corrected chi connectivity index (χ0v) is 20.5. The van der Waals surface area contributed by atoms with Crippen molar-refractivity contribution in [2.24, 2.45) is 0 Å². The van der Waals surface area contributed by atoms with Crippen LogP contribution in [0.3, 0.4) is 0 Å². The Labute approximate surface area is 203 Å². The van der Waals surface area contributed by atoms with Crippen molar-refractivity contribution in [2.45, 2.75) is 44.1 Å². The van der Waals surface area contributed by atoms with Gasteiger partial charge in [0.2, 0.25) is 0 Å². The predicted molar refractivity (Wildman–Crippen MR) is 140 cm³/mol. The fourth-order valence-electron chi connectivity index (χ4n) is 4.72. The van der Waals surface area contributed by atoms with E-state index >= 15 is 0 Å². The summed E-state index contributed by atoms with van der Waals surface area (Å²) >= 11 is 0. The van der Waals surface area contributed by atoms with Crippen molar-refractivity contribution in [3.8, 4) is 0 Å². The molecule has 2 heteroatoms. The topological polar surface area (TPSA) is 40.5 Å². The number of aliphatic hydroxyl groups excluding tert-OH is 1. The van der Waals surface area contributed by atoms with E-state index in [1.807, 2.05) is 36.4 Å². The first-order valence-corrected chi connectivity index (χ1v) is 11.9. The van der Waals surface area contributed by atoms with Crippen LogP contribution in [-0.4, -0.2) is 16.8 Å². The van der Waals surface area contributed by atoms with Crippen LogP contribution in [-0.2, 0) is 16.4 Å². The lowest BCUT2D eigenvalue weighted by Crippen LogP contribution is -2.32. The standard InChI is InChI=1S/C32H34O2/c1-30(2,24-11-7-5-8-12-24)26-15-19-28(20-16-26)32(34,23-33)29-21-17-27(18-22-29)31(3,4)25-13-9-6-10-14-25/h5-22,33-34H,23H2,1-4H3. The molecule has 0 atom stereocenters. The summed E-state index contributed by atoms with van der Waals surface area (Å²) in [5.41, 5.74) is 4.34. The van der Waals surface area contributed by atoms with Gasteiger partial charge in [0.05, 0.1) is 6.61 Å². The summed E-state index contributed by atoms with van der Waals surface area (Å²) < 4.78 is 0. The van der Waals surface area contributed by atoms with Crippen molar-refractivity contribution >= 4 is 0 Å². The first kappa shape index (κ1) is 23.9. The van der Waals surface area contributed by atoms with Gasteiger partial charge in [-0.2, -0.15) is 0 Å². The summed E-state index contributed by atoms with van der Waals surface area (Å²) in [7, 11) is 0. The van der Waals surface area contributed by atoms with Gasteiger partial charge in [-0.25, -0.2) is 0 Å². The van der Waals surface area contributed by atoms with Gasteiger partial charge in [0, 0.05) is 10.8 Å². The second-order valence-electron chi connectivity index (χ2n) is 10.2. The first-order chi connectivity index (χ1) is 16.2. The van der Waals surface area contributed by atoms with Crippen LogP contribution in [0.4, 0.5) is 0 Å². The molecule has 0 aliphatic heterocycles. The van der Waals surface area contributed by atoms with Crippen molar-refractivity contribution in [2.75, 3.05) is 6.61 Å². The van der Waals surface area contributed by atoms with Crippen LogP contribution in [0, 0.1) is 0 Å². The van der Waals surface area contributed by atoms with Gasteiger partial charge in [-0.1, -0.05) is 137 Å². The molecule has 0 bridgehead atoms. The smallest absolute Gasteiger partial charge is 0.138 e. The molecule has 174 valence electrons. The molecule has 0 aromatic heterocycles. The fourth-order valence-corrected chi connectivity index (χ4v) is 4.72. The molecular weight excluding hydrogens is 416 g/mol. The number of rotatable bonds is 7. The highest BCUT2D eigenvalue weighted by molar-refractivity contribution is 5.45. The zero-order chi connectivity index (χ0) is 24.4. The Balaban J connectivity index is 1.63. The molecule has 34 heavy (non-hydrogen) atoms. The molecule has 0 aliphatic rings. The Hall–Kier alpha value is -3.20. The van der Waals surface area contributed by atoms with Gasteiger partial charge >= 0.3 is 0 Å². The van der Waals surface area contributed by atoms with E-state index in [-0.39, 0.29) is 10.8 Å². The van der Waals surface area contributed by atoms with E-state index in [0.29, 0.717) is 11.1 Å². The van der Waals surface area contributed by atoms with E-state index in [1.165, 1.54) is 11.1 Å². The third-order valence-corrected chi connectivity index (χ3v) is 7.39. The molecule has 0 heterocycles. The maximum atomic E-state index is 11.5. The van der Waals surface area contributed by atoms with Crippen LogP contribution < -0.4 is 0 Å². The minimum absolute atomic E-state index is 0.165. The third kappa shape index (κ3) is 4.32. The Morgan fingerprint density at radius 3 is 1.00 bits per heavy atom. The van der Waals surface area contributed by atoms with Crippen LogP contribution in [0.15, 0.2) is 109 Å². The molecular formula is C32H34O2. The summed E-state index contributed by atoms with van der Waals surface area (Å²) in [5, 5.41) is 21.8. The molecule has 0 unspecified atom stereocenters. The van der Waals surface area contributed by atoms with Crippen LogP contribution >= 0.6 is 0 Å². The average Bonchev–Trinajstić information content (AvgIpc) is 2.89. The molecule has 0 radical (unpaired) electrons. The maximum absolute atomic E-state index is 11.5. The van der Waals surface area contributed by atoms with E-state index < -0.39 is 12.2 Å². The molecule has 0 saturated carbocycles. The van der Waals surface area contributed by atoms with Gasteiger partial charge < -0.3 is 10.2 Å². The van der Waals surface area contributed by atoms with E-state index in [1.54, 1.807) is 0 Å². The third-order valence-electron chi connectivity index (χ3n) is 7.39. The average molecular weight is 451 g/mol. The molecule has 0 amide bonds. The maximum Gasteiger partial charge on any atom is 0.138 e. The summed E-state index contributed by atoms with van der Waals surface area (Å²) in [6.45, 7) is 8.40. The normalized spacial score (nSPS) is 12.5. The van der Waals surface area contributed by atoms with Crippen molar-refractivity contribution in [1.29, 1.82) is 0 Å². The van der Waals surface area contributed by atoms with Gasteiger partial charge in [0.25, 0.3) is 0 Å². The highest BCUT2D eigenvalue weighted by Crippen LogP contribution is 2.36. The molecule has 0 aliphatic carbocycles. The molecule has 0 saturated heterocycles. The van der Waals surface area contributed by atoms with E-state index in [4.69, 9.17) is 0 Å². The summed E-state index contributed by atoms with van der Waals surface area (Å²) in [5.74, 6) is 0. The van der Waals surface area contributed by atoms with Crippen LogP contribution in [0.2, 0.25) is 0 Å². The Morgan fingerprint density at radius 1 is 0.441 bits per heavy atom. The molecule has 2 N–H and O–H groups in total. The van der Waals surface area contributed by atoms with Gasteiger partial charge in [0.15, 0.2) is 0 Å². The van der Waals surface area contributed by atoms with Crippen molar-refractivity contribution in [1.82, 2.24) is 0 Å². The highest BCUT2D eigenvalue weighted by atomic mass is 16.3. The Morgan fingerprint density at radius 2 is 0.706 bits per heavy atom.